The Labute approximate surface area is 123 Å². The number of carboxylic acid groups (broad SMARTS) is 1. The van der Waals surface area contributed by atoms with Crippen molar-refractivity contribution in [1.82, 2.24) is 4.90 Å². The number of aromatic carboxylic acids is 1. The zero-order valence-corrected chi connectivity index (χ0v) is 12.2. The SMILES string of the molecule is CC(C)N1CCOC(COc2c(F)cccc2C(=O)O)C1. The molecule has 6 heteroatoms. The van der Waals surface area contributed by atoms with Gasteiger partial charge in [0.25, 0.3) is 0 Å². The number of halogens is 1. The lowest BCUT2D eigenvalue weighted by Gasteiger charge is -2.35. The average Bonchev–Trinajstić information content (AvgIpc) is 2.46. The number of hydrogen-bond donors (Lipinski definition) is 1. The van der Waals surface area contributed by atoms with E-state index in [9.17, 15) is 9.18 Å². The fraction of sp³-hybridized carbons (Fsp3) is 0.533. The Hall–Kier alpha value is -1.66. The third kappa shape index (κ3) is 3.92. The normalized spacial score (nSPS) is 19.7. The smallest absolute Gasteiger partial charge is 0.339 e. The van der Waals surface area contributed by atoms with Crippen LogP contribution in [0.15, 0.2) is 18.2 Å². The van der Waals surface area contributed by atoms with Crippen molar-refractivity contribution in [2.45, 2.75) is 26.0 Å². The Morgan fingerprint density at radius 3 is 3.00 bits per heavy atom. The highest BCUT2D eigenvalue weighted by atomic mass is 19.1. The molecule has 1 aliphatic heterocycles. The number of ether oxygens (including phenoxy) is 2. The molecule has 1 aliphatic rings. The summed E-state index contributed by atoms with van der Waals surface area (Å²) in [5.74, 6) is -2.11. The highest BCUT2D eigenvalue weighted by Crippen LogP contribution is 2.23. The van der Waals surface area contributed by atoms with Crippen molar-refractivity contribution in [1.29, 1.82) is 0 Å². The number of para-hydroxylation sites is 1. The fourth-order valence-electron chi connectivity index (χ4n) is 2.31. The van der Waals surface area contributed by atoms with Crippen molar-refractivity contribution in [2.24, 2.45) is 0 Å². The van der Waals surface area contributed by atoms with E-state index in [-0.39, 0.29) is 24.0 Å². The van der Waals surface area contributed by atoms with E-state index in [1.165, 1.54) is 18.2 Å². The average molecular weight is 297 g/mol. The zero-order chi connectivity index (χ0) is 15.4. The van der Waals surface area contributed by atoms with E-state index in [0.29, 0.717) is 19.2 Å². The first-order chi connectivity index (χ1) is 9.99. The van der Waals surface area contributed by atoms with Gasteiger partial charge in [-0.05, 0) is 26.0 Å². The van der Waals surface area contributed by atoms with Crippen molar-refractivity contribution in [2.75, 3.05) is 26.3 Å². The van der Waals surface area contributed by atoms with Gasteiger partial charge in [-0.3, -0.25) is 4.90 Å². The van der Waals surface area contributed by atoms with Gasteiger partial charge in [0.1, 0.15) is 18.3 Å². The van der Waals surface area contributed by atoms with Gasteiger partial charge in [0, 0.05) is 19.1 Å². The summed E-state index contributed by atoms with van der Waals surface area (Å²) in [5, 5.41) is 9.06. The Balaban J connectivity index is 2.01. The molecule has 0 saturated carbocycles. The maximum Gasteiger partial charge on any atom is 0.339 e. The lowest BCUT2D eigenvalue weighted by molar-refractivity contribution is -0.0569. The Bertz CT molecular complexity index is 506. The second-order valence-corrected chi connectivity index (χ2v) is 5.31. The summed E-state index contributed by atoms with van der Waals surface area (Å²) in [6.45, 7) is 6.47. The molecular weight excluding hydrogens is 277 g/mol. The van der Waals surface area contributed by atoms with Crippen LogP contribution in [0.1, 0.15) is 24.2 Å². The highest BCUT2D eigenvalue weighted by molar-refractivity contribution is 5.90. The van der Waals surface area contributed by atoms with Gasteiger partial charge in [0.15, 0.2) is 11.6 Å². The lowest BCUT2D eigenvalue weighted by atomic mass is 10.2. The fourth-order valence-corrected chi connectivity index (χ4v) is 2.31. The standard InChI is InChI=1S/C15H20FNO4/c1-10(2)17-6-7-20-11(8-17)9-21-14-12(15(18)19)4-3-5-13(14)16/h3-5,10-11H,6-9H2,1-2H3,(H,18,19). The Morgan fingerprint density at radius 2 is 2.33 bits per heavy atom. The maximum absolute atomic E-state index is 13.7. The van der Waals surface area contributed by atoms with Gasteiger partial charge in [0.05, 0.1) is 6.61 Å². The monoisotopic (exact) mass is 297 g/mol. The summed E-state index contributed by atoms with van der Waals surface area (Å²) < 4.78 is 24.7. The van der Waals surface area contributed by atoms with E-state index in [2.05, 4.69) is 18.7 Å². The number of hydrogen-bond acceptors (Lipinski definition) is 4. The number of rotatable bonds is 5. The van der Waals surface area contributed by atoms with Crippen LogP contribution in [0.4, 0.5) is 4.39 Å². The molecule has 21 heavy (non-hydrogen) atoms. The molecule has 0 aliphatic carbocycles. The van der Waals surface area contributed by atoms with Gasteiger partial charge in [0.2, 0.25) is 0 Å². The molecule has 5 nitrogen and oxygen atoms in total. The number of nitrogens with zero attached hydrogens (tertiary/aromatic N) is 1. The predicted molar refractivity (Wildman–Crippen MR) is 75.3 cm³/mol. The molecule has 0 aromatic heterocycles. The maximum atomic E-state index is 13.7. The van der Waals surface area contributed by atoms with E-state index in [4.69, 9.17) is 14.6 Å². The van der Waals surface area contributed by atoms with E-state index >= 15 is 0 Å². The van der Waals surface area contributed by atoms with Gasteiger partial charge in [-0.15, -0.1) is 0 Å². The molecule has 1 aromatic rings. The molecule has 0 radical (unpaired) electrons. The molecule has 0 bridgehead atoms. The molecule has 1 heterocycles. The van der Waals surface area contributed by atoms with Crippen molar-refractivity contribution in [3.63, 3.8) is 0 Å². The summed E-state index contributed by atoms with van der Waals surface area (Å²) in [7, 11) is 0. The Morgan fingerprint density at radius 1 is 1.57 bits per heavy atom. The van der Waals surface area contributed by atoms with Crippen LogP contribution in [0.2, 0.25) is 0 Å². The van der Waals surface area contributed by atoms with Crippen molar-refractivity contribution in [3.8, 4) is 5.75 Å². The second-order valence-electron chi connectivity index (χ2n) is 5.31. The molecule has 1 saturated heterocycles. The molecule has 0 amide bonds. The van der Waals surface area contributed by atoms with Crippen LogP contribution in [0.5, 0.6) is 5.75 Å². The minimum Gasteiger partial charge on any atom is -0.487 e. The number of carbonyl (C=O) groups is 1. The first kappa shape index (κ1) is 15.7. The van der Waals surface area contributed by atoms with Gasteiger partial charge in [-0.1, -0.05) is 6.07 Å². The van der Waals surface area contributed by atoms with Crippen molar-refractivity contribution in [3.05, 3.63) is 29.6 Å². The molecule has 1 fully saturated rings. The van der Waals surface area contributed by atoms with Crippen LogP contribution in [-0.4, -0.2) is 54.4 Å². The summed E-state index contributed by atoms with van der Waals surface area (Å²) in [6.07, 6.45) is -0.192. The van der Waals surface area contributed by atoms with Crippen LogP contribution in [-0.2, 0) is 4.74 Å². The summed E-state index contributed by atoms with van der Waals surface area (Å²) >= 11 is 0. The van der Waals surface area contributed by atoms with E-state index in [0.717, 1.165) is 6.54 Å². The molecule has 2 rings (SSSR count). The van der Waals surface area contributed by atoms with Crippen molar-refractivity contribution < 1.29 is 23.8 Å². The first-order valence-electron chi connectivity index (χ1n) is 6.99. The third-order valence-electron chi connectivity index (χ3n) is 3.51. The minimum atomic E-state index is -1.21. The quantitative estimate of drug-likeness (QED) is 0.901. The van der Waals surface area contributed by atoms with E-state index in [1.54, 1.807) is 0 Å². The predicted octanol–water partition coefficient (Wildman–Crippen LogP) is 2.01. The summed E-state index contributed by atoms with van der Waals surface area (Å²) in [6, 6.07) is 4.26. The van der Waals surface area contributed by atoms with Gasteiger partial charge in [-0.2, -0.15) is 0 Å². The lowest BCUT2D eigenvalue weighted by Crippen LogP contribution is -2.47. The molecule has 0 spiro atoms. The Kier molecular flexibility index (Phi) is 5.14. The van der Waals surface area contributed by atoms with Crippen LogP contribution in [0.3, 0.4) is 0 Å². The molecule has 1 N–H and O–H groups in total. The van der Waals surface area contributed by atoms with Crippen LogP contribution in [0.25, 0.3) is 0 Å². The zero-order valence-electron chi connectivity index (χ0n) is 12.2. The molecule has 1 aromatic carbocycles. The molecule has 116 valence electrons. The second kappa shape index (κ2) is 6.87. The third-order valence-corrected chi connectivity index (χ3v) is 3.51. The molecule has 1 atom stereocenters. The van der Waals surface area contributed by atoms with Crippen LogP contribution >= 0.6 is 0 Å². The van der Waals surface area contributed by atoms with Crippen molar-refractivity contribution >= 4 is 5.97 Å². The van der Waals surface area contributed by atoms with Crippen LogP contribution in [0, 0.1) is 5.82 Å². The number of benzene rings is 1. The molecule has 1 unspecified atom stereocenters. The summed E-state index contributed by atoms with van der Waals surface area (Å²) in [5.41, 5.74) is -0.175. The van der Waals surface area contributed by atoms with Crippen LogP contribution < -0.4 is 4.74 Å². The van der Waals surface area contributed by atoms with E-state index in [1.807, 2.05) is 0 Å². The number of carboxylic acids is 1. The molecular formula is C15H20FNO4. The van der Waals surface area contributed by atoms with E-state index < -0.39 is 11.8 Å². The summed E-state index contributed by atoms with van der Waals surface area (Å²) in [4.78, 5) is 13.3. The van der Waals surface area contributed by atoms with Gasteiger partial charge < -0.3 is 14.6 Å². The van der Waals surface area contributed by atoms with Gasteiger partial charge in [-0.25, -0.2) is 9.18 Å². The van der Waals surface area contributed by atoms with Gasteiger partial charge >= 0.3 is 5.97 Å². The highest BCUT2D eigenvalue weighted by Gasteiger charge is 2.24. The number of morpholine rings is 1. The largest absolute Gasteiger partial charge is 0.487 e. The first-order valence-corrected chi connectivity index (χ1v) is 6.99. The minimum absolute atomic E-state index is 0.129. The topological polar surface area (TPSA) is 59.0 Å².